The highest BCUT2D eigenvalue weighted by atomic mass is 32.1. The summed E-state index contributed by atoms with van der Waals surface area (Å²) in [7, 11) is 0. The fourth-order valence-corrected chi connectivity index (χ4v) is 5.30. The lowest BCUT2D eigenvalue weighted by Gasteiger charge is -2.30. The Morgan fingerprint density at radius 3 is 2.86 bits per heavy atom. The van der Waals surface area contributed by atoms with Crippen LogP contribution in [0, 0.1) is 23.1 Å². The van der Waals surface area contributed by atoms with Crippen molar-refractivity contribution in [3.63, 3.8) is 0 Å². The Labute approximate surface area is 164 Å². The molecule has 7 heteroatoms. The van der Waals surface area contributed by atoms with Crippen molar-refractivity contribution in [1.82, 2.24) is 9.97 Å². The smallest absolute Gasteiger partial charge is 0.256 e. The number of anilines is 1. The Kier molecular flexibility index (Phi) is 4.02. The molecule has 0 bridgehead atoms. The van der Waals surface area contributed by atoms with Crippen molar-refractivity contribution in [3.8, 4) is 6.07 Å². The molecule has 1 aliphatic rings. The van der Waals surface area contributed by atoms with Crippen molar-refractivity contribution in [2.75, 3.05) is 18.0 Å². The number of aromatic nitrogens is 2. The molecule has 5 rings (SSSR count). The number of rotatable bonds is 2. The van der Waals surface area contributed by atoms with E-state index in [4.69, 9.17) is 10.2 Å². The summed E-state index contributed by atoms with van der Waals surface area (Å²) >= 11 is 1.58. The minimum Gasteiger partial charge on any atom is -0.348 e. The molecule has 0 spiro atoms. The number of benzene rings is 2. The fraction of sp³-hybridized carbons (Fsp3) is 0.286. The Morgan fingerprint density at radius 2 is 2.07 bits per heavy atom. The monoisotopic (exact) mass is 392 g/mol. The predicted octanol–water partition coefficient (Wildman–Crippen LogP) is 4.56. The number of nitrogens with zero attached hydrogens (tertiary/aromatic N) is 3. The lowest BCUT2D eigenvalue weighted by atomic mass is 9.94. The molecule has 4 aromatic rings. The molecule has 2 aromatic heterocycles. The molecule has 5 nitrogen and oxygen atoms in total. The van der Waals surface area contributed by atoms with Gasteiger partial charge in [-0.1, -0.05) is 11.3 Å². The van der Waals surface area contributed by atoms with Gasteiger partial charge in [0.2, 0.25) is 0 Å². The summed E-state index contributed by atoms with van der Waals surface area (Å²) in [5, 5.41) is 12.5. The van der Waals surface area contributed by atoms with Crippen molar-refractivity contribution >= 4 is 48.2 Å². The van der Waals surface area contributed by atoms with E-state index in [0.29, 0.717) is 23.1 Å². The number of nitrogens with one attached hydrogen (secondary N) is 1. The van der Waals surface area contributed by atoms with Crippen LogP contribution in [0.2, 0.25) is 0 Å². The number of hydrogen-bond acceptors (Lipinski definition) is 5. The Balaban J connectivity index is 1.71. The van der Waals surface area contributed by atoms with E-state index in [0.717, 1.165) is 52.1 Å². The second-order valence-corrected chi connectivity index (χ2v) is 8.23. The molecule has 1 N–H and O–H groups in total. The van der Waals surface area contributed by atoms with Crippen LogP contribution in [0.15, 0.2) is 35.3 Å². The van der Waals surface area contributed by atoms with Gasteiger partial charge in [0.25, 0.3) is 5.56 Å². The first-order valence-corrected chi connectivity index (χ1v) is 10.1. The summed E-state index contributed by atoms with van der Waals surface area (Å²) in [6.07, 6.45) is 4.20. The van der Waals surface area contributed by atoms with Crippen LogP contribution in [0.1, 0.15) is 19.3 Å². The van der Waals surface area contributed by atoms with Gasteiger partial charge in [-0.15, -0.1) is 0 Å². The first-order valence-electron chi connectivity index (χ1n) is 9.31. The van der Waals surface area contributed by atoms with Gasteiger partial charge in [0.15, 0.2) is 5.13 Å². The van der Waals surface area contributed by atoms with Crippen molar-refractivity contribution in [1.29, 1.82) is 5.26 Å². The van der Waals surface area contributed by atoms with Gasteiger partial charge in [0.05, 0.1) is 21.7 Å². The molecule has 0 amide bonds. The molecule has 140 valence electrons. The molecule has 0 aliphatic carbocycles. The third kappa shape index (κ3) is 2.64. The predicted molar refractivity (Wildman–Crippen MR) is 110 cm³/mol. The number of pyridine rings is 1. The van der Waals surface area contributed by atoms with Gasteiger partial charge in [0.1, 0.15) is 5.82 Å². The molecule has 2 aromatic carbocycles. The van der Waals surface area contributed by atoms with E-state index in [1.54, 1.807) is 23.6 Å². The van der Waals surface area contributed by atoms with Crippen molar-refractivity contribution in [2.45, 2.75) is 19.3 Å². The van der Waals surface area contributed by atoms with E-state index in [-0.39, 0.29) is 11.4 Å². The van der Waals surface area contributed by atoms with Gasteiger partial charge < -0.3 is 9.88 Å². The van der Waals surface area contributed by atoms with Crippen LogP contribution in [0.5, 0.6) is 0 Å². The number of piperidine rings is 1. The SMILES string of the molecule is N#CCC1CCN(c2nc3c4ccc(F)cc4c4c(=O)[nH]ccc4c3s2)CC1. The molecule has 0 radical (unpaired) electrons. The molecule has 1 saturated heterocycles. The quantitative estimate of drug-likeness (QED) is 0.508. The Morgan fingerprint density at radius 1 is 1.25 bits per heavy atom. The lowest BCUT2D eigenvalue weighted by molar-refractivity contribution is 0.412. The average Bonchev–Trinajstić information content (AvgIpc) is 3.14. The summed E-state index contributed by atoms with van der Waals surface area (Å²) in [6.45, 7) is 1.74. The number of halogens is 1. The van der Waals surface area contributed by atoms with Crippen molar-refractivity contribution in [3.05, 3.63) is 46.6 Å². The molecule has 0 unspecified atom stereocenters. The number of hydrogen-bond donors (Lipinski definition) is 1. The van der Waals surface area contributed by atoms with E-state index in [1.165, 1.54) is 12.1 Å². The second-order valence-electron chi connectivity index (χ2n) is 7.25. The number of aromatic amines is 1. The van der Waals surface area contributed by atoms with Gasteiger partial charge >= 0.3 is 0 Å². The lowest BCUT2D eigenvalue weighted by Crippen LogP contribution is -2.33. The molecule has 28 heavy (non-hydrogen) atoms. The van der Waals surface area contributed by atoms with Gasteiger partial charge in [-0.2, -0.15) is 5.26 Å². The summed E-state index contributed by atoms with van der Waals surface area (Å²) in [6, 6.07) is 8.67. The zero-order valence-corrected chi connectivity index (χ0v) is 15.9. The molecule has 0 saturated carbocycles. The van der Waals surface area contributed by atoms with Crippen LogP contribution in [-0.4, -0.2) is 23.1 Å². The Bertz CT molecular complexity index is 1310. The first kappa shape index (κ1) is 17.1. The molecular formula is C21H17FN4OS. The van der Waals surface area contributed by atoms with E-state index in [9.17, 15) is 9.18 Å². The van der Waals surface area contributed by atoms with Gasteiger partial charge in [-0.3, -0.25) is 4.79 Å². The topological polar surface area (TPSA) is 72.8 Å². The number of fused-ring (bicyclic) bond motifs is 6. The van der Waals surface area contributed by atoms with Crippen LogP contribution in [0.3, 0.4) is 0 Å². The molecule has 1 aliphatic heterocycles. The number of nitriles is 1. The van der Waals surface area contributed by atoms with E-state index in [2.05, 4.69) is 16.0 Å². The highest BCUT2D eigenvalue weighted by Gasteiger charge is 2.23. The third-order valence-corrected chi connectivity index (χ3v) is 6.74. The normalized spacial score (nSPS) is 15.5. The standard InChI is InChI=1S/C21H17FN4OS/c22-13-1-2-14-16(11-13)17-15(4-8-24-20(17)27)19-18(14)25-21(28-19)26-9-5-12(3-7-23)6-10-26/h1-2,4,8,11-12H,3,5-6,9-10H2,(H,24,27). The molecular weight excluding hydrogens is 375 g/mol. The maximum atomic E-state index is 13.9. The Hall–Kier alpha value is -2.98. The largest absolute Gasteiger partial charge is 0.348 e. The van der Waals surface area contributed by atoms with Crippen molar-refractivity contribution < 1.29 is 4.39 Å². The third-order valence-electron chi connectivity index (χ3n) is 5.59. The number of thiazole rings is 1. The van der Waals surface area contributed by atoms with Gasteiger partial charge in [-0.05, 0) is 43.0 Å². The van der Waals surface area contributed by atoms with Gasteiger partial charge in [-0.25, -0.2) is 9.37 Å². The van der Waals surface area contributed by atoms with Crippen LogP contribution >= 0.6 is 11.3 Å². The maximum absolute atomic E-state index is 13.9. The van der Waals surface area contributed by atoms with Gasteiger partial charge in [0, 0.05) is 41.9 Å². The summed E-state index contributed by atoms with van der Waals surface area (Å²) < 4.78 is 14.9. The maximum Gasteiger partial charge on any atom is 0.256 e. The van der Waals surface area contributed by atoms with E-state index >= 15 is 0 Å². The van der Waals surface area contributed by atoms with Crippen LogP contribution in [-0.2, 0) is 0 Å². The summed E-state index contributed by atoms with van der Waals surface area (Å²) in [5.74, 6) is 0.0882. The summed E-state index contributed by atoms with van der Waals surface area (Å²) in [5.41, 5.74) is 0.592. The highest BCUT2D eigenvalue weighted by molar-refractivity contribution is 7.23. The van der Waals surface area contributed by atoms with Crippen molar-refractivity contribution in [2.24, 2.45) is 5.92 Å². The molecule has 3 heterocycles. The molecule has 1 fully saturated rings. The first-order chi connectivity index (χ1) is 13.7. The minimum atomic E-state index is -0.369. The molecule has 0 atom stereocenters. The van der Waals surface area contributed by atoms with Crippen LogP contribution < -0.4 is 10.5 Å². The zero-order chi connectivity index (χ0) is 19.3. The summed E-state index contributed by atoms with van der Waals surface area (Å²) in [4.78, 5) is 22.4. The zero-order valence-electron chi connectivity index (χ0n) is 15.0. The van der Waals surface area contributed by atoms with Crippen LogP contribution in [0.25, 0.3) is 31.8 Å². The highest BCUT2D eigenvalue weighted by Crippen LogP contribution is 2.40. The van der Waals surface area contributed by atoms with E-state index < -0.39 is 0 Å². The second kappa shape index (κ2) is 6.57. The number of H-pyrrole nitrogens is 1. The van der Waals surface area contributed by atoms with Crippen LogP contribution in [0.4, 0.5) is 9.52 Å². The average molecular weight is 392 g/mol. The fourth-order valence-electron chi connectivity index (χ4n) is 4.13. The minimum absolute atomic E-state index is 0.220. The van der Waals surface area contributed by atoms with E-state index in [1.807, 2.05) is 6.07 Å².